The van der Waals surface area contributed by atoms with Gasteiger partial charge < -0.3 is 10.6 Å². The molecule has 0 aromatic heterocycles. The fourth-order valence-corrected chi connectivity index (χ4v) is 1.42. The van der Waals surface area contributed by atoms with Crippen molar-refractivity contribution in [1.82, 2.24) is 0 Å². The fourth-order valence-electron chi connectivity index (χ4n) is 1.25. The zero-order chi connectivity index (χ0) is 13.7. The van der Waals surface area contributed by atoms with Gasteiger partial charge in [-0.05, 0) is 18.2 Å². The van der Waals surface area contributed by atoms with E-state index in [0.29, 0.717) is 10.7 Å². The second-order valence-electron chi connectivity index (χ2n) is 3.65. The zero-order valence-corrected chi connectivity index (χ0v) is 10.8. The number of hydrazone groups is 1. The molecule has 0 aliphatic carbocycles. The van der Waals surface area contributed by atoms with Crippen LogP contribution in [0.25, 0.3) is 0 Å². The van der Waals surface area contributed by atoms with E-state index in [9.17, 15) is 0 Å². The maximum atomic E-state index is 8.73. The summed E-state index contributed by atoms with van der Waals surface area (Å²) < 4.78 is 0. The Kier molecular flexibility index (Phi) is 4.52. The molecule has 0 heterocycles. The average Bonchev–Trinajstić information content (AvgIpc) is 2.29. The molecule has 0 fully saturated rings. The van der Waals surface area contributed by atoms with E-state index in [1.807, 2.05) is 25.1 Å². The van der Waals surface area contributed by atoms with Crippen molar-refractivity contribution in [2.45, 2.75) is 0 Å². The van der Waals surface area contributed by atoms with Gasteiger partial charge in [-0.25, -0.2) is 0 Å². The molecule has 0 saturated carbocycles. The molecule has 18 heavy (non-hydrogen) atoms. The van der Waals surface area contributed by atoms with Gasteiger partial charge in [0.15, 0.2) is 5.84 Å². The Bertz CT molecular complexity index is 529. The lowest BCUT2D eigenvalue weighted by Gasteiger charge is -2.17. The highest BCUT2D eigenvalue weighted by Crippen LogP contribution is 2.27. The molecule has 0 saturated heterocycles. The van der Waals surface area contributed by atoms with Crippen molar-refractivity contribution in [3.63, 3.8) is 0 Å². The first-order chi connectivity index (χ1) is 8.45. The Labute approximate surface area is 110 Å². The maximum Gasteiger partial charge on any atom is 0.201 e. The minimum atomic E-state index is -0.390. The lowest BCUT2D eigenvalue weighted by Crippen LogP contribution is -2.22. The monoisotopic (exact) mass is 264 g/mol. The highest BCUT2D eigenvalue weighted by molar-refractivity contribution is 6.45. The smallest absolute Gasteiger partial charge is 0.201 e. The third kappa shape index (κ3) is 3.37. The summed E-state index contributed by atoms with van der Waals surface area (Å²) in [7, 11) is 3.74. The molecule has 0 bridgehead atoms. The molecule has 4 N–H and O–H groups in total. The number of halogens is 1. The Hall–Kier alpha value is -2.26. The molecule has 1 aromatic rings. The molecule has 1 aromatic carbocycles. The van der Waals surface area contributed by atoms with E-state index in [2.05, 4.69) is 10.5 Å². The van der Waals surface area contributed by atoms with Crippen molar-refractivity contribution in [3.05, 3.63) is 23.2 Å². The van der Waals surface area contributed by atoms with Crippen LogP contribution in [-0.4, -0.2) is 25.6 Å². The number of rotatable bonds is 4. The lowest BCUT2D eigenvalue weighted by atomic mass is 10.2. The van der Waals surface area contributed by atoms with Crippen molar-refractivity contribution in [2.24, 2.45) is 10.8 Å². The summed E-state index contributed by atoms with van der Waals surface area (Å²) in [6.45, 7) is 0. The second-order valence-corrected chi connectivity index (χ2v) is 4.09. The summed E-state index contributed by atoms with van der Waals surface area (Å²) in [6.07, 6.45) is 0. The summed E-state index contributed by atoms with van der Waals surface area (Å²) in [6, 6.07) is 6.97. The number of amidine groups is 1. The Morgan fingerprint density at radius 3 is 2.72 bits per heavy atom. The summed E-state index contributed by atoms with van der Waals surface area (Å²) in [5.74, 6) is -0.390. The molecule has 0 aliphatic heterocycles. The first-order valence-corrected chi connectivity index (χ1v) is 5.38. The van der Waals surface area contributed by atoms with E-state index in [1.54, 1.807) is 18.2 Å². The van der Waals surface area contributed by atoms with Crippen LogP contribution in [-0.2, 0) is 0 Å². The van der Waals surface area contributed by atoms with Crippen LogP contribution >= 0.6 is 11.6 Å². The first kappa shape index (κ1) is 13.8. The third-order valence-electron chi connectivity index (χ3n) is 2.09. The number of hydrogen-bond acceptors (Lipinski definition) is 5. The van der Waals surface area contributed by atoms with Crippen molar-refractivity contribution in [3.8, 4) is 6.07 Å². The molecule has 0 amide bonds. The summed E-state index contributed by atoms with van der Waals surface area (Å²) >= 11 is 5.89. The number of nitrogens with two attached hydrogens (primary N) is 1. The van der Waals surface area contributed by atoms with Crippen LogP contribution in [0.2, 0.25) is 5.02 Å². The van der Waals surface area contributed by atoms with Gasteiger partial charge in [0.2, 0.25) is 5.71 Å². The molecular formula is C11H13ClN6. The van der Waals surface area contributed by atoms with Gasteiger partial charge in [0.25, 0.3) is 0 Å². The van der Waals surface area contributed by atoms with Crippen LogP contribution in [0.15, 0.2) is 23.3 Å². The van der Waals surface area contributed by atoms with Gasteiger partial charge in [-0.15, -0.1) is 0 Å². The number of nitriles is 1. The predicted molar refractivity (Wildman–Crippen MR) is 74.4 cm³/mol. The molecular weight excluding hydrogens is 252 g/mol. The third-order valence-corrected chi connectivity index (χ3v) is 2.32. The fraction of sp³-hybridized carbons (Fsp3) is 0.182. The van der Waals surface area contributed by atoms with E-state index in [0.717, 1.165) is 5.69 Å². The van der Waals surface area contributed by atoms with E-state index in [-0.39, 0.29) is 5.71 Å². The minimum absolute atomic E-state index is 0.181. The first-order valence-electron chi connectivity index (χ1n) is 5.00. The van der Waals surface area contributed by atoms with Gasteiger partial charge >= 0.3 is 0 Å². The topological polar surface area (TPSA) is 101 Å². The number of anilines is 2. The Morgan fingerprint density at radius 2 is 2.22 bits per heavy atom. The zero-order valence-electron chi connectivity index (χ0n) is 10.0. The molecule has 0 aliphatic rings. The van der Waals surface area contributed by atoms with Crippen molar-refractivity contribution >= 4 is 34.5 Å². The number of hydrogen-bond donors (Lipinski definition) is 3. The van der Waals surface area contributed by atoms with E-state index in [1.165, 1.54) is 0 Å². The number of benzene rings is 1. The normalized spacial score (nSPS) is 10.7. The van der Waals surface area contributed by atoms with Crippen LogP contribution in [0, 0.1) is 16.7 Å². The minimum Gasteiger partial charge on any atom is -0.382 e. The van der Waals surface area contributed by atoms with Crippen LogP contribution in [0.4, 0.5) is 11.4 Å². The van der Waals surface area contributed by atoms with Gasteiger partial charge in [0.05, 0.1) is 11.4 Å². The highest BCUT2D eigenvalue weighted by Gasteiger charge is 2.06. The van der Waals surface area contributed by atoms with E-state index >= 15 is 0 Å². The van der Waals surface area contributed by atoms with Gasteiger partial charge in [-0.3, -0.25) is 10.8 Å². The Morgan fingerprint density at radius 1 is 1.56 bits per heavy atom. The van der Waals surface area contributed by atoms with Crippen molar-refractivity contribution in [2.75, 3.05) is 24.4 Å². The molecule has 0 unspecified atom stereocenters. The van der Waals surface area contributed by atoms with E-state index < -0.39 is 5.84 Å². The highest BCUT2D eigenvalue weighted by atomic mass is 35.5. The second kappa shape index (κ2) is 5.89. The molecule has 0 radical (unpaired) electrons. The number of nitrogens with one attached hydrogen (secondary N) is 2. The van der Waals surface area contributed by atoms with Crippen molar-refractivity contribution < 1.29 is 0 Å². The van der Waals surface area contributed by atoms with Gasteiger partial charge in [-0.1, -0.05) is 11.6 Å². The quantitative estimate of drug-likeness (QED) is 0.437. The SMILES string of the molecule is CN(C)c1ccc(Cl)cc1N/N=C(\C#N)C(=N)N. The van der Waals surface area contributed by atoms with Crippen molar-refractivity contribution in [1.29, 1.82) is 10.7 Å². The summed E-state index contributed by atoms with van der Waals surface area (Å²) in [5.41, 5.74) is 9.18. The molecule has 1 rings (SSSR count). The average molecular weight is 265 g/mol. The largest absolute Gasteiger partial charge is 0.382 e. The van der Waals surface area contributed by atoms with Crippen LogP contribution in [0.5, 0.6) is 0 Å². The molecule has 7 heteroatoms. The van der Waals surface area contributed by atoms with Gasteiger partial charge in [0.1, 0.15) is 6.07 Å². The molecule has 6 nitrogen and oxygen atoms in total. The lowest BCUT2D eigenvalue weighted by molar-refractivity contribution is 1.13. The molecule has 0 spiro atoms. The standard InChI is InChI=1S/C11H13ClN6/c1-18(2)10-4-3-7(12)5-8(10)16-17-9(6-13)11(14)15/h3-5,16H,1-2H3,(H3,14,15)/b17-9+. The summed E-state index contributed by atoms with van der Waals surface area (Å²) in [4.78, 5) is 1.87. The molecule has 0 atom stereocenters. The van der Waals surface area contributed by atoms with Crippen LogP contribution in [0.3, 0.4) is 0 Å². The Balaban J connectivity index is 3.07. The maximum absolute atomic E-state index is 8.73. The van der Waals surface area contributed by atoms with Gasteiger partial charge in [-0.2, -0.15) is 10.4 Å². The van der Waals surface area contributed by atoms with E-state index in [4.69, 9.17) is 28.0 Å². The van der Waals surface area contributed by atoms with Crippen LogP contribution in [0.1, 0.15) is 0 Å². The summed E-state index contributed by atoms with van der Waals surface area (Å²) in [5, 5.41) is 20.2. The predicted octanol–water partition coefficient (Wildman–Crippen LogP) is 1.63. The molecule has 94 valence electrons. The van der Waals surface area contributed by atoms with Gasteiger partial charge in [0, 0.05) is 19.1 Å². The van der Waals surface area contributed by atoms with Crippen LogP contribution < -0.4 is 16.1 Å². The number of nitrogens with zero attached hydrogens (tertiary/aromatic N) is 3.